The zero-order chi connectivity index (χ0) is 8.97. The zero-order valence-electron chi connectivity index (χ0n) is 6.97. The molecular weight excluding hydrogens is 164 g/mol. The molecule has 0 aromatic heterocycles. The largest absolute Gasteiger partial charge is 0.394 e. The molecule has 3 atom stereocenters. The molecular formula is C7H14O5. The van der Waals surface area contributed by atoms with Gasteiger partial charge >= 0.3 is 0 Å². The second-order valence-electron chi connectivity index (χ2n) is 3.04. The Morgan fingerprint density at radius 1 is 1.58 bits per heavy atom. The first kappa shape index (κ1) is 9.88. The van der Waals surface area contributed by atoms with Crippen LogP contribution >= 0.6 is 0 Å². The highest BCUT2D eigenvalue weighted by Gasteiger charge is 2.26. The molecule has 5 heteroatoms. The summed E-state index contributed by atoms with van der Waals surface area (Å²) in [5, 5.41) is 22.0. The van der Waals surface area contributed by atoms with Gasteiger partial charge in [0.1, 0.15) is 6.10 Å². The van der Waals surface area contributed by atoms with Gasteiger partial charge in [0.15, 0.2) is 0 Å². The Morgan fingerprint density at radius 3 is 2.92 bits per heavy atom. The van der Waals surface area contributed by atoms with Gasteiger partial charge in [0.2, 0.25) is 0 Å². The first-order valence-corrected chi connectivity index (χ1v) is 3.98. The van der Waals surface area contributed by atoms with Crippen molar-refractivity contribution in [2.75, 3.05) is 13.2 Å². The predicted molar refractivity (Wildman–Crippen MR) is 38.8 cm³/mol. The van der Waals surface area contributed by atoms with E-state index in [1.165, 1.54) is 0 Å². The number of hydrogen-bond donors (Lipinski definition) is 2. The lowest BCUT2D eigenvalue weighted by Gasteiger charge is -2.27. The van der Waals surface area contributed by atoms with Crippen LogP contribution in [-0.4, -0.2) is 35.6 Å². The van der Waals surface area contributed by atoms with Crippen molar-refractivity contribution >= 4 is 0 Å². The third-order valence-electron chi connectivity index (χ3n) is 1.89. The lowest BCUT2D eigenvalue weighted by molar-refractivity contribution is -0.558. The van der Waals surface area contributed by atoms with Gasteiger partial charge < -0.3 is 10.2 Å². The van der Waals surface area contributed by atoms with Crippen LogP contribution in [-0.2, 0) is 14.8 Å². The van der Waals surface area contributed by atoms with Crippen molar-refractivity contribution in [2.45, 2.75) is 25.6 Å². The van der Waals surface area contributed by atoms with Crippen LogP contribution in [0.25, 0.3) is 0 Å². The summed E-state index contributed by atoms with van der Waals surface area (Å²) in [6.45, 7) is 2.12. The molecule has 2 N–H and O–H groups in total. The van der Waals surface area contributed by atoms with Crippen LogP contribution in [0.2, 0.25) is 0 Å². The van der Waals surface area contributed by atoms with E-state index in [0.29, 0.717) is 13.0 Å². The molecule has 1 aliphatic heterocycles. The Morgan fingerprint density at radius 2 is 2.33 bits per heavy atom. The molecule has 12 heavy (non-hydrogen) atoms. The van der Waals surface area contributed by atoms with E-state index in [9.17, 15) is 0 Å². The molecule has 0 aliphatic carbocycles. The standard InChI is InChI=1S/C7H14O5/c1-5-4-10-12-11-7(5)2-6(9)3-8/h5-9H,2-4H2,1H3. The van der Waals surface area contributed by atoms with E-state index in [0.717, 1.165) is 0 Å². The van der Waals surface area contributed by atoms with Gasteiger partial charge in [-0.2, -0.15) is 0 Å². The monoisotopic (exact) mass is 178 g/mol. The summed E-state index contributed by atoms with van der Waals surface area (Å²) in [6, 6.07) is 0. The zero-order valence-corrected chi connectivity index (χ0v) is 6.97. The molecule has 0 saturated carbocycles. The SMILES string of the molecule is CC1COOOC1CC(O)CO. The van der Waals surface area contributed by atoms with E-state index in [-0.39, 0.29) is 18.6 Å². The molecule has 5 nitrogen and oxygen atoms in total. The molecule has 0 amide bonds. The molecule has 1 fully saturated rings. The Hall–Kier alpha value is -0.200. The van der Waals surface area contributed by atoms with Gasteiger partial charge in [-0.05, 0) is 0 Å². The molecule has 0 bridgehead atoms. The van der Waals surface area contributed by atoms with E-state index in [1.54, 1.807) is 0 Å². The summed E-state index contributed by atoms with van der Waals surface area (Å²) >= 11 is 0. The molecule has 0 radical (unpaired) electrons. The van der Waals surface area contributed by atoms with E-state index < -0.39 is 6.10 Å². The Balaban J connectivity index is 2.28. The topological polar surface area (TPSA) is 68.2 Å². The lowest BCUT2D eigenvalue weighted by Crippen LogP contribution is -2.35. The highest BCUT2D eigenvalue weighted by Crippen LogP contribution is 2.18. The van der Waals surface area contributed by atoms with E-state index >= 15 is 0 Å². The normalized spacial score (nSPS) is 33.2. The fourth-order valence-corrected chi connectivity index (χ4v) is 1.03. The van der Waals surface area contributed by atoms with Crippen molar-refractivity contribution in [1.29, 1.82) is 0 Å². The maximum atomic E-state index is 9.10. The van der Waals surface area contributed by atoms with Crippen LogP contribution < -0.4 is 0 Å². The van der Waals surface area contributed by atoms with Gasteiger partial charge in [-0.3, -0.25) is 0 Å². The maximum absolute atomic E-state index is 9.10. The van der Waals surface area contributed by atoms with E-state index in [4.69, 9.17) is 15.1 Å². The molecule has 0 aromatic rings. The van der Waals surface area contributed by atoms with Gasteiger partial charge in [0, 0.05) is 12.3 Å². The fourth-order valence-electron chi connectivity index (χ4n) is 1.03. The molecule has 1 rings (SSSR count). The Labute approximate surface area is 70.7 Å². The van der Waals surface area contributed by atoms with Crippen molar-refractivity contribution in [2.24, 2.45) is 5.92 Å². The molecule has 1 aliphatic rings. The van der Waals surface area contributed by atoms with Gasteiger partial charge in [-0.15, -0.1) is 0 Å². The quantitative estimate of drug-likeness (QED) is 0.577. The van der Waals surface area contributed by atoms with Crippen molar-refractivity contribution in [3.8, 4) is 0 Å². The minimum absolute atomic E-state index is 0.167. The highest BCUT2D eigenvalue weighted by atomic mass is 17.5. The summed E-state index contributed by atoms with van der Waals surface area (Å²) in [4.78, 5) is 9.33. The van der Waals surface area contributed by atoms with Crippen molar-refractivity contribution < 1.29 is 25.0 Å². The average Bonchev–Trinajstić information content (AvgIpc) is 2.09. The summed E-state index contributed by atoms with van der Waals surface area (Å²) in [6.07, 6.45) is -0.596. The second-order valence-corrected chi connectivity index (χ2v) is 3.04. The second kappa shape index (κ2) is 4.74. The molecule has 0 aromatic carbocycles. The summed E-state index contributed by atoms with van der Waals surface area (Å²) in [5.41, 5.74) is 0. The van der Waals surface area contributed by atoms with Crippen LogP contribution in [0.4, 0.5) is 0 Å². The minimum atomic E-state index is -0.751. The molecule has 72 valence electrons. The third kappa shape index (κ3) is 2.69. The summed E-state index contributed by atoms with van der Waals surface area (Å²) < 4.78 is 0. The van der Waals surface area contributed by atoms with Crippen molar-refractivity contribution in [3.63, 3.8) is 0 Å². The number of hydrogen-bond acceptors (Lipinski definition) is 5. The number of aliphatic hydroxyl groups excluding tert-OH is 2. The Bertz CT molecular complexity index is 129. The lowest BCUT2D eigenvalue weighted by atomic mass is 10.0. The van der Waals surface area contributed by atoms with Gasteiger partial charge in [-0.25, -0.2) is 9.78 Å². The van der Waals surface area contributed by atoms with E-state index in [1.807, 2.05) is 6.92 Å². The van der Waals surface area contributed by atoms with E-state index in [2.05, 4.69) is 9.93 Å². The average molecular weight is 178 g/mol. The van der Waals surface area contributed by atoms with Crippen LogP contribution in [0.5, 0.6) is 0 Å². The smallest absolute Gasteiger partial charge is 0.103 e. The maximum Gasteiger partial charge on any atom is 0.103 e. The minimum Gasteiger partial charge on any atom is -0.394 e. The van der Waals surface area contributed by atoms with Gasteiger partial charge in [0.25, 0.3) is 0 Å². The van der Waals surface area contributed by atoms with Gasteiger partial charge in [0.05, 0.1) is 19.3 Å². The third-order valence-corrected chi connectivity index (χ3v) is 1.89. The number of aliphatic hydroxyl groups is 2. The Kier molecular flexibility index (Phi) is 3.90. The van der Waals surface area contributed by atoms with Crippen LogP contribution in [0.15, 0.2) is 0 Å². The number of rotatable bonds is 3. The summed E-state index contributed by atoms with van der Waals surface area (Å²) in [5.74, 6) is 0.167. The van der Waals surface area contributed by atoms with Crippen LogP contribution in [0.3, 0.4) is 0 Å². The molecule has 0 spiro atoms. The molecule has 3 unspecified atom stereocenters. The molecule has 1 heterocycles. The highest BCUT2D eigenvalue weighted by molar-refractivity contribution is 4.69. The van der Waals surface area contributed by atoms with Crippen molar-refractivity contribution in [3.05, 3.63) is 0 Å². The fraction of sp³-hybridized carbons (Fsp3) is 1.00. The molecule has 1 saturated heterocycles. The summed E-state index contributed by atoms with van der Waals surface area (Å²) in [7, 11) is 0. The predicted octanol–water partition coefficient (Wildman–Crippen LogP) is -0.372. The van der Waals surface area contributed by atoms with Gasteiger partial charge in [-0.1, -0.05) is 12.0 Å². The first-order chi connectivity index (χ1) is 5.74. The first-order valence-electron chi connectivity index (χ1n) is 3.98. The van der Waals surface area contributed by atoms with Crippen LogP contribution in [0, 0.1) is 5.92 Å². The van der Waals surface area contributed by atoms with Crippen LogP contribution in [0.1, 0.15) is 13.3 Å². The van der Waals surface area contributed by atoms with Crippen molar-refractivity contribution in [1.82, 2.24) is 0 Å².